The topological polar surface area (TPSA) is 42.7 Å². The van der Waals surface area contributed by atoms with Crippen molar-refractivity contribution in [3.8, 4) is 0 Å². The van der Waals surface area contributed by atoms with Crippen LogP contribution in [0, 0.1) is 0 Å². The molecule has 0 aliphatic carbocycles. The zero-order valence-electron chi connectivity index (χ0n) is 4.99. The van der Waals surface area contributed by atoms with Crippen LogP contribution in [-0.2, 0) is 0 Å². The van der Waals surface area contributed by atoms with Crippen LogP contribution in [0.25, 0.3) is 0 Å². The van der Waals surface area contributed by atoms with Gasteiger partial charge in [0.05, 0.1) is 12.2 Å². The molecule has 0 aromatic carbocycles. The van der Waals surface area contributed by atoms with E-state index in [9.17, 15) is 0 Å². The third kappa shape index (κ3) is 0.712. The summed E-state index contributed by atoms with van der Waals surface area (Å²) in [7, 11) is 0. The fourth-order valence-electron chi connectivity index (χ4n) is 0.873. The Balaban J connectivity index is 2.14. The minimum absolute atomic E-state index is 0.549. The van der Waals surface area contributed by atoms with Gasteiger partial charge in [-0.2, -0.15) is 0 Å². The Morgan fingerprint density at radius 3 is 2.89 bits per heavy atom. The quantitative estimate of drug-likeness (QED) is 0.544. The first kappa shape index (κ1) is 4.93. The second kappa shape index (κ2) is 1.80. The highest BCUT2D eigenvalue weighted by molar-refractivity contribution is 4.81. The van der Waals surface area contributed by atoms with Gasteiger partial charge in [0.25, 0.3) is 0 Å². The molecule has 1 aromatic heterocycles. The van der Waals surface area contributed by atoms with Gasteiger partial charge in [-0.1, -0.05) is 5.21 Å². The number of nitrogens with one attached hydrogen (secondary N) is 1. The Morgan fingerprint density at radius 1 is 1.56 bits per heavy atom. The Morgan fingerprint density at radius 2 is 2.44 bits per heavy atom. The molecule has 0 unspecified atom stereocenters. The summed E-state index contributed by atoms with van der Waals surface area (Å²) in [6, 6.07) is 0.549. The van der Waals surface area contributed by atoms with Gasteiger partial charge in [-0.05, 0) is 0 Å². The summed E-state index contributed by atoms with van der Waals surface area (Å²) in [6.45, 7) is 2.06. The van der Waals surface area contributed by atoms with E-state index in [-0.39, 0.29) is 0 Å². The number of hydrogen-bond donors (Lipinski definition) is 1. The van der Waals surface area contributed by atoms with E-state index in [0.29, 0.717) is 6.04 Å². The van der Waals surface area contributed by atoms with Gasteiger partial charge in [0, 0.05) is 19.3 Å². The van der Waals surface area contributed by atoms with E-state index in [4.69, 9.17) is 0 Å². The van der Waals surface area contributed by atoms with Crippen molar-refractivity contribution < 1.29 is 0 Å². The summed E-state index contributed by atoms with van der Waals surface area (Å²) in [6.07, 6.45) is 3.60. The van der Waals surface area contributed by atoms with E-state index in [0.717, 1.165) is 13.1 Å². The lowest BCUT2D eigenvalue weighted by Gasteiger charge is -2.26. The van der Waals surface area contributed by atoms with Crippen molar-refractivity contribution in [3.05, 3.63) is 12.4 Å². The monoisotopic (exact) mass is 124 g/mol. The molecule has 4 heteroatoms. The van der Waals surface area contributed by atoms with E-state index in [1.165, 1.54) is 0 Å². The van der Waals surface area contributed by atoms with Crippen molar-refractivity contribution in [3.63, 3.8) is 0 Å². The summed E-state index contributed by atoms with van der Waals surface area (Å²) >= 11 is 0. The van der Waals surface area contributed by atoms with Gasteiger partial charge in [0.1, 0.15) is 0 Å². The molecule has 0 spiro atoms. The molecule has 9 heavy (non-hydrogen) atoms. The van der Waals surface area contributed by atoms with E-state index in [1.807, 2.05) is 10.9 Å². The average Bonchev–Trinajstić information content (AvgIpc) is 2.11. The third-order valence-electron chi connectivity index (χ3n) is 1.58. The minimum atomic E-state index is 0.549. The standard InChI is InChI=1S/C5H8N4/c1-2-9(8-7-1)5-3-6-4-5/h1-2,5-6H,3-4H2. The molecular weight excluding hydrogens is 116 g/mol. The first-order chi connectivity index (χ1) is 4.47. The van der Waals surface area contributed by atoms with Crippen LogP contribution in [0.5, 0.6) is 0 Å². The lowest BCUT2D eigenvalue weighted by molar-refractivity contribution is 0.313. The molecule has 0 radical (unpaired) electrons. The Hall–Kier alpha value is -0.900. The summed E-state index contributed by atoms with van der Waals surface area (Å²) in [5, 5.41) is 10.7. The van der Waals surface area contributed by atoms with Crippen LogP contribution in [-0.4, -0.2) is 28.1 Å². The summed E-state index contributed by atoms with van der Waals surface area (Å²) in [5.41, 5.74) is 0. The zero-order chi connectivity index (χ0) is 6.10. The van der Waals surface area contributed by atoms with Crippen molar-refractivity contribution >= 4 is 0 Å². The van der Waals surface area contributed by atoms with Gasteiger partial charge < -0.3 is 5.32 Å². The van der Waals surface area contributed by atoms with Crippen molar-refractivity contribution in [2.75, 3.05) is 13.1 Å². The van der Waals surface area contributed by atoms with Gasteiger partial charge in [0.15, 0.2) is 0 Å². The van der Waals surface area contributed by atoms with E-state index in [1.54, 1.807) is 6.20 Å². The molecular formula is C5H8N4. The highest BCUT2D eigenvalue weighted by atomic mass is 15.4. The molecule has 1 saturated heterocycles. The predicted octanol–water partition coefficient (Wildman–Crippen LogP) is -0.578. The van der Waals surface area contributed by atoms with Gasteiger partial charge in [-0.15, -0.1) is 5.10 Å². The van der Waals surface area contributed by atoms with E-state index >= 15 is 0 Å². The lowest BCUT2D eigenvalue weighted by atomic mass is 10.2. The molecule has 2 heterocycles. The molecule has 0 saturated carbocycles. The van der Waals surface area contributed by atoms with Crippen molar-refractivity contribution in [1.82, 2.24) is 20.3 Å². The van der Waals surface area contributed by atoms with Crippen LogP contribution < -0.4 is 5.32 Å². The van der Waals surface area contributed by atoms with Gasteiger partial charge >= 0.3 is 0 Å². The molecule has 0 amide bonds. The van der Waals surface area contributed by atoms with Crippen LogP contribution in [0.15, 0.2) is 12.4 Å². The average molecular weight is 124 g/mol. The molecule has 1 fully saturated rings. The molecule has 0 atom stereocenters. The van der Waals surface area contributed by atoms with Crippen LogP contribution in [0.1, 0.15) is 6.04 Å². The van der Waals surface area contributed by atoms with Gasteiger partial charge in [-0.25, -0.2) is 4.68 Å². The van der Waals surface area contributed by atoms with E-state index < -0.39 is 0 Å². The Labute approximate surface area is 52.9 Å². The predicted molar refractivity (Wildman–Crippen MR) is 31.9 cm³/mol. The third-order valence-corrected chi connectivity index (χ3v) is 1.58. The largest absolute Gasteiger partial charge is 0.312 e. The maximum atomic E-state index is 3.86. The van der Waals surface area contributed by atoms with Crippen molar-refractivity contribution in [2.24, 2.45) is 0 Å². The number of hydrogen-bond acceptors (Lipinski definition) is 3. The van der Waals surface area contributed by atoms with Crippen LogP contribution >= 0.6 is 0 Å². The smallest absolute Gasteiger partial charge is 0.0785 e. The molecule has 0 bridgehead atoms. The number of aromatic nitrogens is 3. The fraction of sp³-hybridized carbons (Fsp3) is 0.600. The van der Waals surface area contributed by atoms with Crippen LogP contribution in [0.2, 0.25) is 0 Å². The minimum Gasteiger partial charge on any atom is -0.312 e. The molecule has 48 valence electrons. The maximum absolute atomic E-state index is 3.86. The van der Waals surface area contributed by atoms with Crippen molar-refractivity contribution in [2.45, 2.75) is 6.04 Å². The van der Waals surface area contributed by atoms with Gasteiger partial charge in [-0.3, -0.25) is 0 Å². The Kier molecular flexibility index (Phi) is 0.989. The molecule has 1 N–H and O–H groups in total. The van der Waals surface area contributed by atoms with Gasteiger partial charge in [0.2, 0.25) is 0 Å². The second-order valence-corrected chi connectivity index (χ2v) is 2.20. The Bertz CT molecular complexity index is 177. The SMILES string of the molecule is c1cn(C2CNC2)nn1. The normalized spacial score (nSPS) is 19.6. The molecule has 1 aromatic rings. The highest BCUT2D eigenvalue weighted by Gasteiger charge is 2.18. The number of nitrogens with zero attached hydrogens (tertiary/aromatic N) is 3. The zero-order valence-corrected chi connectivity index (χ0v) is 4.99. The van der Waals surface area contributed by atoms with E-state index in [2.05, 4.69) is 15.6 Å². The van der Waals surface area contributed by atoms with Crippen molar-refractivity contribution in [1.29, 1.82) is 0 Å². The fourth-order valence-corrected chi connectivity index (χ4v) is 0.873. The summed E-state index contributed by atoms with van der Waals surface area (Å²) in [4.78, 5) is 0. The molecule has 4 nitrogen and oxygen atoms in total. The summed E-state index contributed by atoms with van der Waals surface area (Å²) < 4.78 is 1.89. The maximum Gasteiger partial charge on any atom is 0.0785 e. The first-order valence-corrected chi connectivity index (χ1v) is 3.03. The second-order valence-electron chi connectivity index (χ2n) is 2.20. The van der Waals surface area contributed by atoms with Crippen LogP contribution in [0.3, 0.4) is 0 Å². The highest BCUT2D eigenvalue weighted by Crippen LogP contribution is 2.07. The molecule has 1 aliphatic rings. The molecule has 1 aliphatic heterocycles. The first-order valence-electron chi connectivity index (χ1n) is 3.03. The molecule has 2 rings (SSSR count). The number of rotatable bonds is 1. The summed E-state index contributed by atoms with van der Waals surface area (Å²) in [5.74, 6) is 0. The lowest BCUT2D eigenvalue weighted by Crippen LogP contribution is -2.43. The van der Waals surface area contributed by atoms with Crippen LogP contribution in [0.4, 0.5) is 0 Å².